The number of carbonyl (C=O) groups is 3. The smallest absolute Gasteiger partial charge is 0.325 e. The van der Waals surface area contributed by atoms with E-state index in [9.17, 15) is 14.4 Å². The van der Waals surface area contributed by atoms with Gasteiger partial charge in [0.2, 0.25) is 12.3 Å². The fourth-order valence-corrected chi connectivity index (χ4v) is 2.40. The molecule has 1 rings (SSSR count). The molecule has 0 bridgehead atoms. The summed E-state index contributed by atoms with van der Waals surface area (Å²) in [6.07, 6.45) is 3.41. The summed E-state index contributed by atoms with van der Waals surface area (Å²) in [7, 11) is 1.29. The molecule has 2 amide bonds. The number of nitrogens with zero attached hydrogens (tertiary/aromatic N) is 1. The van der Waals surface area contributed by atoms with Crippen LogP contribution >= 0.6 is 0 Å². The molecule has 0 saturated carbocycles. The van der Waals surface area contributed by atoms with E-state index in [-0.39, 0.29) is 18.5 Å². The molecule has 1 unspecified atom stereocenters. The molecule has 1 atom stereocenters. The first-order chi connectivity index (χ1) is 11.5. The second-order valence-electron chi connectivity index (χ2n) is 5.70. The quantitative estimate of drug-likeness (QED) is 0.525. The number of esters is 1. The van der Waals surface area contributed by atoms with E-state index in [1.165, 1.54) is 12.0 Å². The van der Waals surface area contributed by atoms with Crippen LogP contribution in [-0.4, -0.2) is 38.0 Å². The van der Waals surface area contributed by atoms with Crippen LogP contribution in [-0.2, 0) is 25.5 Å². The van der Waals surface area contributed by atoms with Crippen LogP contribution in [0.3, 0.4) is 0 Å². The van der Waals surface area contributed by atoms with E-state index < -0.39 is 5.97 Å². The number of hydrogen-bond donors (Lipinski definition) is 1. The number of amides is 2. The lowest BCUT2D eigenvalue weighted by molar-refractivity contribution is -0.139. The number of carbonyl (C=O) groups excluding carboxylic acids is 3. The second kappa shape index (κ2) is 10.4. The summed E-state index contributed by atoms with van der Waals surface area (Å²) < 4.78 is 4.62. The molecule has 6 heteroatoms. The van der Waals surface area contributed by atoms with Crippen LogP contribution in [0.25, 0.3) is 0 Å². The molecule has 0 radical (unpaired) electrons. The highest BCUT2D eigenvalue weighted by atomic mass is 16.5. The maximum atomic E-state index is 11.6. The summed E-state index contributed by atoms with van der Waals surface area (Å²) in [5.74, 6) is -0.421. The van der Waals surface area contributed by atoms with Crippen molar-refractivity contribution in [2.45, 2.75) is 45.6 Å². The third-order valence-corrected chi connectivity index (χ3v) is 3.69. The Labute approximate surface area is 143 Å². The molecule has 132 valence electrons. The van der Waals surface area contributed by atoms with Crippen molar-refractivity contribution < 1.29 is 19.1 Å². The molecule has 6 nitrogen and oxygen atoms in total. The Bertz CT molecular complexity index is 560. The molecule has 0 saturated heterocycles. The van der Waals surface area contributed by atoms with Crippen LogP contribution in [0, 0.1) is 0 Å². The Kier molecular flexibility index (Phi) is 8.54. The molecular weight excluding hydrogens is 308 g/mol. The van der Waals surface area contributed by atoms with Gasteiger partial charge in [-0.3, -0.25) is 14.4 Å². The van der Waals surface area contributed by atoms with Crippen LogP contribution in [0.4, 0.5) is 5.69 Å². The number of ether oxygens (including phenoxy) is 1. The van der Waals surface area contributed by atoms with Crippen LogP contribution < -0.4 is 10.2 Å². The van der Waals surface area contributed by atoms with Crippen molar-refractivity contribution in [2.24, 2.45) is 0 Å². The molecular formula is C18H26N2O4. The molecule has 0 heterocycles. The van der Waals surface area contributed by atoms with Gasteiger partial charge in [0.15, 0.2) is 0 Å². The zero-order valence-electron chi connectivity index (χ0n) is 14.6. The average Bonchev–Trinajstić information content (AvgIpc) is 2.58. The summed E-state index contributed by atoms with van der Waals surface area (Å²) >= 11 is 0. The van der Waals surface area contributed by atoms with E-state index in [1.807, 2.05) is 32.0 Å². The predicted octanol–water partition coefficient (Wildman–Crippen LogP) is 2.06. The van der Waals surface area contributed by atoms with Gasteiger partial charge in [-0.15, -0.1) is 0 Å². The number of methoxy groups -OCH3 is 1. The van der Waals surface area contributed by atoms with Crippen molar-refractivity contribution in [1.29, 1.82) is 0 Å². The Balaban J connectivity index is 2.73. The second-order valence-corrected chi connectivity index (χ2v) is 5.70. The predicted molar refractivity (Wildman–Crippen MR) is 92.7 cm³/mol. The molecule has 1 N–H and O–H groups in total. The molecule has 24 heavy (non-hydrogen) atoms. The van der Waals surface area contributed by atoms with Gasteiger partial charge in [-0.1, -0.05) is 25.1 Å². The molecule has 1 aromatic rings. The van der Waals surface area contributed by atoms with Crippen molar-refractivity contribution >= 4 is 24.0 Å². The van der Waals surface area contributed by atoms with E-state index >= 15 is 0 Å². The van der Waals surface area contributed by atoms with Gasteiger partial charge in [0.05, 0.1) is 7.11 Å². The SMILES string of the molecule is CCCC(=O)NC(C)CCc1ccccc1N(C=O)CC(=O)OC. The molecule has 1 aromatic carbocycles. The van der Waals surface area contributed by atoms with Gasteiger partial charge >= 0.3 is 5.97 Å². The first-order valence-corrected chi connectivity index (χ1v) is 8.17. The summed E-state index contributed by atoms with van der Waals surface area (Å²) in [4.78, 5) is 35.7. The Morgan fingerprint density at radius 1 is 1.33 bits per heavy atom. The summed E-state index contributed by atoms with van der Waals surface area (Å²) in [6, 6.07) is 7.47. The molecule has 0 aromatic heterocycles. The van der Waals surface area contributed by atoms with Gasteiger partial charge < -0.3 is 15.0 Å². The van der Waals surface area contributed by atoms with Crippen molar-refractivity contribution in [2.75, 3.05) is 18.6 Å². The van der Waals surface area contributed by atoms with Gasteiger partial charge in [0.25, 0.3) is 0 Å². The van der Waals surface area contributed by atoms with E-state index in [4.69, 9.17) is 0 Å². The largest absolute Gasteiger partial charge is 0.468 e. The number of benzene rings is 1. The first-order valence-electron chi connectivity index (χ1n) is 8.17. The van der Waals surface area contributed by atoms with Crippen LogP contribution in [0.5, 0.6) is 0 Å². The van der Waals surface area contributed by atoms with Crippen LogP contribution in [0.15, 0.2) is 24.3 Å². The standard InChI is InChI=1S/C18H26N2O4/c1-4-7-17(22)19-14(2)10-11-15-8-5-6-9-16(15)20(13-21)12-18(23)24-3/h5-6,8-9,13-14H,4,7,10-12H2,1-3H3,(H,19,22). The third-order valence-electron chi connectivity index (χ3n) is 3.69. The number of rotatable bonds is 10. The van der Waals surface area contributed by atoms with Crippen molar-refractivity contribution in [3.05, 3.63) is 29.8 Å². The molecule has 0 aliphatic rings. The van der Waals surface area contributed by atoms with Crippen LogP contribution in [0.2, 0.25) is 0 Å². The van der Waals surface area contributed by atoms with E-state index in [2.05, 4.69) is 10.1 Å². The van der Waals surface area contributed by atoms with Crippen molar-refractivity contribution in [3.63, 3.8) is 0 Å². The van der Waals surface area contributed by atoms with Gasteiger partial charge in [-0.05, 0) is 37.8 Å². The van der Waals surface area contributed by atoms with Gasteiger partial charge in [0.1, 0.15) is 6.54 Å². The lowest BCUT2D eigenvalue weighted by Crippen LogP contribution is -2.33. The van der Waals surface area contributed by atoms with Gasteiger partial charge in [-0.25, -0.2) is 0 Å². The lowest BCUT2D eigenvalue weighted by Gasteiger charge is -2.21. The Hall–Kier alpha value is -2.37. The van der Waals surface area contributed by atoms with Gasteiger partial charge in [0, 0.05) is 18.2 Å². The van der Waals surface area contributed by atoms with Crippen LogP contribution in [0.1, 0.15) is 38.7 Å². The van der Waals surface area contributed by atoms with E-state index in [0.29, 0.717) is 24.9 Å². The minimum Gasteiger partial charge on any atom is -0.468 e. The molecule has 0 aliphatic heterocycles. The summed E-state index contributed by atoms with van der Waals surface area (Å²) in [6.45, 7) is 3.80. The monoisotopic (exact) mass is 334 g/mol. The Morgan fingerprint density at radius 2 is 2.04 bits per heavy atom. The molecule has 0 spiro atoms. The van der Waals surface area contributed by atoms with Crippen molar-refractivity contribution in [1.82, 2.24) is 5.32 Å². The first kappa shape index (κ1) is 19.7. The minimum absolute atomic E-state index is 0.0439. The Morgan fingerprint density at radius 3 is 2.67 bits per heavy atom. The fourth-order valence-electron chi connectivity index (χ4n) is 2.40. The van der Waals surface area contributed by atoms with E-state index in [0.717, 1.165) is 18.4 Å². The van der Waals surface area contributed by atoms with Gasteiger partial charge in [-0.2, -0.15) is 0 Å². The topological polar surface area (TPSA) is 75.7 Å². The third kappa shape index (κ3) is 6.40. The normalized spacial score (nSPS) is 11.5. The lowest BCUT2D eigenvalue weighted by atomic mass is 10.0. The highest BCUT2D eigenvalue weighted by molar-refractivity contribution is 5.86. The summed E-state index contributed by atoms with van der Waals surface area (Å²) in [5, 5.41) is 2.96. The zero-order valence-corrected chi connectivity index (χ0v) is 14.6. The maximum Gasteiger partial charge on any atom is 0.325 e. The van der Waals surface area contributed by atoms with Crippen molar-refractivity contribution in [3.8, 4) is 0 Å². The fraction of sp³-hybridized carbons (Fsp3) is 0.500. The highest BCUT2D eigenvalue weighted by Gasteiger charge is 2.15. The summed E-state index contributed by atoms with van der Waals surface area (Å²) in [5.41, 5.74) is 1.63. The van der Waals surface area contributed by atoms with E-state index in [1.54, 1.807) is 6.07 Å². The maximum absolute atomic E-state index is 11.6. The number of para-hydroxylation sites is 1. The zero-order chi connectivity index (χ0) is 17.9. The average molecular weight is 334 g/mol. The number of anilines is 1. The number of nitrogens with one attached hydrogen (secondary N) is 1. The molecule has 0 fully saturated rings. The minimum atomic E-state index is -0.475. The number of aryl methyl sites for hydroxylation is 1. The molecule has 0 aliphatic carbocycles. The highest BCUT2D eigenvalue weighted by Crippen LogP contribution is 2.21. The number of hydrogen-bond acceptors (Lipinski definition) is 4.